The minimum Gasteiger partial charge on any atom is -0.489 e. The number of hydrogen-bond donors (Lipinski definition) is 1. The Morgan fingerprint density at radius 2 is 1.58 bits per heavy atom. The van der Waals surface area contributed by atoms with Crippen molar-refractivity contribution in [2.45, 2.75) is 43.1 Å². The van der Waals surface area contributed by atoms with Crippen LogP contribution in [0.1, 0.15) is 30.4 Å². The molecule has 5 aromatic rings. The second-order valence-corrected chi connectivity index (χ2v) is 10.0. The molecular weight excluding hydrogens is 470 g/mol. The minimum absolute atomic E-state index is 0.422. The van der Waals surface area contributed by atoms with Gasteiger partial charge in [-0.25, -0.2) is 10.1 Å². The molecule has 0 saturated heterocycles. The molecule has 2 aromatic heterocycles. The fraction of sp³-hybridized carbons (Fsp3) is 0.214. The Hall–Kier alpha value is -3.91. The highest BCUT2D eigenvalue weighted by Crippen LogP contribution is 2.26. The Morgan fingerprint density at radius 1 is 0.833 bits per heavy atom. The molecule has 0 amide bonds. The van der Waals surface area contributed by atoms with Crippen molar-refractivity contribution < 1.29 is 9.47 Å². The van der Waals surface area contributed by atoms with Crippen LogP contribution < -0.4 is 9.47 Å². The number of ether oxygens (including phenoxy) is 2. The van der Waals surface area contributed by atoms with E-state index in [1.165, 1.54) is 4.90 Å². The number of para-hydroxylation sites is 1. The number of aromatic nitrogens is 5. The van der Waals surface area contributed by atoms with Crippen LogP contribution in [-0.4, -0.2) is 30.9 Å². The summed E-state index contributed by atoms with van der Waals surface area (Å²) in [5, 5.41) is 15.6. The van der Waals surface area contributed by atoms with E-state index in [0.29, 0.717) is 18.5 Å². The molecular formula is C28H27N5O2S. The molecule has 36 heavy (non-hydrogen) atoms. The number of hydrogen-bond acceptors (Lipinski definition) is 7. The van der Waals surface area contributed by atoms with Crippen LogP contribution in [0.2, 0.25) is 0 Å². The van der Waals surface area contributed by atoms with Gasteiger partial charge in [0, 0.05) is 22.0 Å². The highest BCUT2D eigenvalue weighted by atomic mass is 32.2. The standard InChI is InChI=1S/C28H27N5O2S/c1-20(6-17-28-30-32-33-31-28)36-26-15-7-21(8-16-26)18-34-24-11-13-25(14-12-24)35-19-23-10-9-22-4-2-3-5-27(22)29-23/h2-5,7-16,20H,6,17-19H2,1H3,(H,30,31,32,33). The summed E-state index contributed by atoms with van der Waals surface area (Å²) in [6.07, 6.45) is 1.85. The molecule has 1 unspecified atom stereocenters. The lowest BCUT2D eigenvalue weighted by atomic mass is 10.2. The van der Waals surface area contributed by atoms with Crippen molar-refractivity contribution in [3.63, 3.8) is 0 Å². The van der Waals surface area contributed by atoms with E-state index in [2.05, 4.69) is 68.9 Å². The summed E-state index contributed by atoms with van der Waals surface area (Å²) in [5.74, 6) is 2.42. The largest absolute Gasteiger partial charge is 0.489 e. The van der Waals surface area contributed by atoms with Crippen LogP contribution in [0, 0.1) is 0 Å². The normalized spacial score (nSPS) is 11.9. The van der Waals surface area contributed by atoms with E-state index in [1.54, 1.807) is 0 Å². The molecule has 0 aliphatic rings. The molecule has 1 atom stereocenters. The van der Waals surface area contributed by atoms with Crippen molar-refractivity contribution in [2.75, 3.05) is 0 Å². The lowest BCUT2D eigenvalue weighted by Crippen LogP contribution is -2.00. The Bertz CT molecular complexity index is 1380. The average molecular weight is 498 g/mol. The van der Waals surface area contributed by atoms with Gasteiger partial charge in [0.1, 0.15) is 30.5 Å². The van der Waals surface area contributed by atoms with E-state index in [9.17, 15) is 0 Å². The fourth-order valence-corrected chi connectivity index (χ4v) is 4.72. The number of H-pyrrole nitrogens is 1. The molecule has 8 heteroatoms. The number of thioether (sulfide) groups is 1. The molecule has 7 nitrogen and oxygen atoms in total. The number of nitrogens with one attached hydrogen (secondary N) is 1. The van der Waals surface area contributed by atoms with Crippen LogP contribution in [0.25, 0.3) is 10.9 Å². The Labute approximate surface area is 214 Å². The lowest BCUT2D eigenvalue weighted by Gasteiger charge is -2.11. The van der Waals surface area contributed by atoms with Crippen LogP contribution in [0.5, 0.6) is 11.5 Å². The summed E-state index contributed by atoms with van der Waals surface area (Å²) in [7, 11) is 0. The number of nitrogens with zero attached hydrogens (tertiary/aromatic N) is 4. The monoisotopic (exact) mass is 497 g/mol. The zero-order chi connectivity index (χ0) is 24.6. The van der Waals surface area contributed by atoms with E-state index in [0.717, 1.165) is 52.3 Å². The van der Waals surface area contributed by atoms with Crippen molar-refractivity contribution in [1.82, 2.24) is 25.6 Å². The number of benzene rings is 3. The summed E-state index contributed by atoms with van der Waals surface area (Å²) < 4.78 is 11.9. The highest BCUT2D eigenvalue weighted by molar-refractivity contribution is 7.99. The molecule has 0 aliphatic carbocycles. The van der Waals surface area contributed by atoms with Crippen molar-refractivity contribution in [1.29, 1.82) is 0 Å². The van der Waals surface area contributed by atoms with Gasteiger partial charge in [-0.1, -0.05) is 43.3 Å². The van der Waals surface area contributed by atoms with E-state index < -0.39 is 0 Å². The molecule has 1 N–H and O–H groups in total. The van der Waals surface area contributed by atoms with Gasteiger partial charge in [-0.05, 0) is 70.9 Å². The predicted octanol–water partition coefficient (Wildman–Crippen LogP) is 6.02. The third kappa shape index (κ3) is 6.60. The van der Waals surface area contributed by atoms with Gasteiger partial charge in [-0.15, -0.1) is 16.9 Å². The van der Waals surface area contributed by atoms with Crippen LogP contribution in [0.15, 0.2) is 89.8 Å². The fourth-order valence-electron chi connectivity index (χ4n) is 3.72. The van der Waals surface area contributed by atoms with Crippen molar-refractivity contribution in [3.05, 3.63) is 102 Å². The number of aromatic amines is 1. The van der Waals surface area contributed by atoms with Crippen LogP contribution >= 0.6 is 11.8 Å². The Morgan fingerprint density at radius 3 is 2.33 bits per heavy atom. The lowest BCUT2D eigenvalue weighted by molar-refractivity contribution is 0.295. The first-order chi connectivity index (χ1) is 17.7. The van der Waals surface area contributed by atoms with Gasteiger partial charge in [0.15, 0.2) is 0 Å². The third-order valence-electron chi connectivity index (χ3n) is 5.71. The first-order valence-corrected chi connectivity index (χ1v) is 12.8. The minimum atomic E-state index is 0.422. The summed E-state index contributed by atoms with van der Waals surface area (Å²) in [6.45, 7) is 3.16. The predicted molar refractivity (Wildman–Crippen MR) is 141 cm³/mol. The van der Waals surface area contributed by atoms with Crippen LogP contribution in [0.4, 0.5) is 0 Å². The van der Waals surface area contributed by atoms with Gasteiger partial charge in [0.2, 0.25) is 0 Å². The van der Waals surface area contributed by atoms with Gasteiger partial charge < -0.3 is 9.47 Å². The molecule has 0 bridgehead atoms. The number of pyridine rings is 1. The second kappa shape index (κ2) is 11.7. The maximum atomic E-state index is 5.96. The van der Waals surface area contributed by atoms with Gasteiger partial charge in [0.25, 0.3) is 0 Å². The molecule has 3 aromatic carbocycles. The average Bonchev–Trinajstić information content (AvgIpc) is 3.45. The maximum Gasteiger partial charge on any atom is 0.148 e. The number of aryl methyl sites for hydroxylation is 1. The van der Waals surface area contributed by atoms with Gasteiger partial charge in [-0.2, -0.15) is 0 Å². The molecule has 182 valence electrons. The van der Waals surface area contributed by atoms with Gasteiger partial charge >= 0.3 is 0 Å². The zero-order valence-electron chi connectivity index (χ0n) is 20.0. The topological polar surface area (TPSA) is 85.8 Å². The molecule has 0 saturated carbocycles. The molecule has 0 spiro atoms. The Kier molecular flexibility index (Phi) is 7.73. The highest BCUT2D eigenvalue weighted by Gasteiger charge is 2.07. The van der Waals surface area contributed by atoms with Crippen LogP contribution in [0.3, 0.4) is 0 Å². The van der Waals surface area contributed by atoms with Crippen molar-refractivity contribution in [2.24, 2.45) is 0 Å². The maximum absolute atomic E-state index is 5.96. The number of tetrazole rings is 1. The molecule has 0 radical (unpaired) electrons. The Balaban J connectivity index is 1.06. The first kappa shape index (κ1) is 23.8. The number of fused-ring (bicyclic) bond motifs is 1. The number of rotatable bonds is 11. The summed E-state index contributed by atoms with van der Waals surface area (Å²) in [4.78, 5) is 5.89. The van der Waals surface area contributed by atoms with E-state index >= 15 is 0 Å². The van der Waals surface area contributed by atoms with Gasteiger partial charge in [0.05, 0.1) is 11.2 Å². The summed E-state index contributed by atoms with van der Waals surface area (Å²) >= 11 is 1.85. The quantitative estimate of drug-likeness (QED) is 0.223. The van der Waals surface area contributed by atoms with E-state index in [4.69, 9.17) is 9.47 Å². The third-order valence-corrected chi connectivity index (χ3v) is 6.89. The molecule has 5 rings (SSSR count). The molecule has 0 aliphatic heterocycles. The summed E-state index contributed by atoms with van der Waals surface area (Å²) in [5.41, 5.74) is 3.00. The summed E-state index contributed by atoms with van der Waals surface area (Å²) in [6, 6.07) is 28.4. The smallest absolute Gasteiger partial charge is 0.148 e. The first-order valence-electron chi connectivity index (χ1n) is 11.9. The molecule has 2 heterocycles. The zero-order valence-corrected chi connectivity index (χ0v) is 20.8. The van der Waals surface area contributed by atoms with E-state index in [1.807, 2.05) is 60.3 Å². The van der Waals surface area contributed by atoms with Crippen molar-refractivity contribution in [3.8, 4) is 11.5 Å². The second-order valence-electron chi connectivity index (χ2n) is 8.50. The SMILES string of the molecule is CC(CCc1nnn[nH]1)Sc1ccc(COc2ccc(OCc3ccc4ccccc4n3)cc2)cc1. The van der Waals surface area contributed by atoms with Crippen molar-refractivity contribution >= 4 is 22.7 Å². The molecule has 0 fully saturated rings. The van der Waals surface area contributed by atoms with Crippen LogP contribution in [-0.2, 0) is 19.6 Å². The van der Waals surface area contributed by atoms with Gasteiger partial charge in [-0.3, -0.25) is 0 Å². The van der Waals surface area contributed by atoms with E-state index in [-0.39, 0.29) is 0 Å².